The molecular formula is C17H20N4. The summed E-state index contributed by atoms with van der Waals surface area (Å²) in [6.45, 7) is 5.88. The number of aryl methyl sites for hydroxylation is 1. The number of rotatable bonds is 5. The Bertz CT molecular complexity index is 745. The van der Waals surface area contributed by atoms with Crippen LogP contribution < -0.4 is 5.32 Å². The maximum absolute atomic E-state index is 4.67. The Balaban J connectivity index is 1.90. The second-order valence-corrected chi connectivity index (χ2v) is 5.17. The lowest BCUT2D eigenvalue weighted by molar-refractivity contribution is 0.764. The van der Waals surface area contributed by atoms with Crippen LogP contribution in [0.25, 0.3) is 11.0 Å². The van der Waals surface area contributed by atoms with E-state index in [9.17, 15) is 0 Å². The van der Waals surface area contributed by atoms with E-state index in [-0.39, 0.29) is 0 Å². The van der Waals surface area contributed by atoms with Crippen molar-refractivity contribution >= 4 is 16.9 Å². The number of benzene rings is 1. The molecule has 0 radical (unpaired) electrons. The van der Waals surface area contributed by atoms with E-state index in [1.807, 2.05) is 31.2 Å². The molecule has 4 heteroatoms. The molecule has 0 fully saturated rings. The van der Waals surface area contributed by atoms with E-state index in [1.165, 1.54) is 0 Å². The molecule has 0 bridgehead atoms. The van der Waals surface area contributed by atoms with Crippen LogP contribution in [0, 0.1) is 6.92 Å². The highest BCUT2D eigenvalue weighted by Crippen LogP contribution is 2.17. The average Bonchev–Trinajstić information content (AvgIpc) is 2.82. The van der Waals surface area contributed by atoms with Crippen molar-refractivity contribution in [1.82, 2.24) is 14.5 Å². The summed E-state index contributed by atoms with van der Waals surface area (Å²) in [6, 6.07) is 14.3. The second kappa shape index (κ2) is 5.95. The van der Waals surface area contributed by atoms with Gasteiger partial charge in [0.15, 0.2) is 0 Å². The van der Waals surface area contributed by atoms with Gasteiger partial charge in [-0.2, -0.15) is 0 Å². The van der Waals surface area contributed by atoms with Gasteiger partial charge >= 0.3 is 0 Å². The zero-order chi connectivity index (χ0) is 14.7. The van der Waals surface area contributed by atoms with Gasteiger partial charge in [-0.3, -0.25) is 0 Å². The zero-order valence-corrected chi connectivity index (χ0v) is 12.5. The molecule has 0 aliphatic rings. The van der Waals surface area contributed by atoms with Crippen LogP contribution in [-0.2, 0) is 6.54 Å². The monoisotopic (exact) mass is 280 g/mol. The molecule has 0 saturated heterocycles. The first-order valence-corrected chi connectivity index (χ1v) is 7.39. The fourth-order valence-corrected chi connectivity index (χ4v) is 2.48. The van der Waals surface area contributed by atoms with Crippen LogP contribution in [0.1, 0.15) is 24.9 Å². The Kier molecular flexibility index (Phi) is 3.86. The largest absolute Gasteiger partial charge is 0.370 e. The molecule has 3 rings (SSSR count). The van der Waals surface area contributed by atoms with Crippen molar-refractivity contribution in [3.63, 3.8) is 0 Å². The predicted molar refractivity (Wildman–Crippen MR) is 86.6 cm³/mol. The molecule has 0 aliphatic heterocycles. The Hall–Kier alpha value is -2.36. The number of para-hydroxylation sites is 2. The van der Waals surface area contributed by atoms with Gasteiger partial charge in [-0.05, 0) is 37.6 Å². The fourth-order valence-electron chi connectivity index (χ4n) is 2.48. The Morgan fingerprint density at radius 2 is 1.90 bits per heavy atom. The van der Waals surface area contributed by atoms with E-state index in [1.54, 1.807) is 0 Å². The van der Waals surface area contributed by atoms with E-state index in [0.717, 1.165) is 47.9 Å². The molecule has 1 N–H and O–H groups in total. The number of anilines is 1. The van der Waals surface area contributed by atoms with E-state index in [0.29, 0.717) is 0 Å². The van der Waals surface area contributed by atoms with Crippen molar-refractivity contribution in [2.75, 3.05) is 11.9 Å². The summed E-state index contributed by atoms with van der Waals surface area (Å²) in [7, 11) is 0. The molecule has 0 atom stereocenters. The van der Waals surface area contributed by atoms with E-state index >= 15 is 0 Å². The third-order valence-electron chi connectivity index (χ3n) is 3.53. The van der Waals surface area contributed by atoms with Gasteiger partial charge in [0.25, 0.3) is 0 Å². The van der Waals surface area contributed by atoms with Gasteiger partial charge in [0.1, 0.15) is 11.6 Å². The first kappa shape index (κ1) is 13.6. The fraction of sp³-hybridized carbons (Fsp3) is 0.294. The van der Waals surface area contributed by atoms with Crippen molar-refractivity contribution in [1.29, 1.82) is 0 Å². The van der Waals surface area contributed by atoms with Crippen molar-refractivity contribution < 1.29 is 0 Å². The van der Waals surface area contributed by atoms with Gasteiger partial charge in [-0.25, -0.2) is 9.97 Å². The molecule has 0 aliphatic carbocycles. The molecule has 0 saturated carbocycles. The number of fused-ring (bicyclic) bond motifs is 1. The molecule has 2 heterocycles. The highest BCUT2D eigenvalue weighted by Gasteiger charge is 2.08. The average molecular weight is 280 g/mol. The second-order valence-electron chi connectivity index (χ2n) is 5.17. The van der Waals surface area contributed by atoms with E-state index < -0.39 is 0 Å². The van der Waals surface area contributed by atoms with Gasteiger partial charge in [-0.15, -0.1) is 0 Å². The maximum atomic E-state index is 4.67. The summed E-state index contributed by atoms with van der Waals surface area (Å²) < 4.78 is 2.21. The summed E-state index contributed by atoms with van der Waals surface area (Å²) in [5, 5.41) is 3.33. The van der Waals surface area contributed by atoms with Crippen LogP contribution in [0.15, 0.2) is 42.5 Å². The van der Waals surface area contributed by atoms with Gasteiger partial charge in [0, 0.05) is 6.54 Å². The standard InChI is InChI=1S/C17H20N4/c1-3-11-18-17-10-6-7-14(20-17)12-21-13(2)19-15-8-4-5-9-16(15)21/h4-10H,3,11-12H2,1-2H3,(H,18,20). The molecule has 0 spiro atoms. The summed E-state index contributed by atoms with van der Waals surface area (Å²) in [6.07, 6.45) is 1.09. The number of pyridine rings is 1. The molecule has 108 valence electrons. The summed E-state index contributed by atoms with van der Waals surface area (Å²) in [5.74, 6) is 1.96. The number of hydrogen-bond acceptors (Lipinski definition) is 3. The van der Waals surface area contributed by atoms with Crippen molar-refractivity contribution in [3.8, 4) is 0 Å². The lowest BCUT2D eigenvalue weighted by atomic mass is 10.3. The normalized spacial score (nSPS) is 11.0. The lowest BCUT2D eigenvalue weighted by Crippen LogP contribution is -2.07. The van der Waals surface area contributed by atoms with Gasteiger partial charge < -0.3 is 9.88 Å². The van der Waals surface area contributed by atoms with Gasteiger partial charge in [-0.1, -0.05) is 25.1 Å². The predicted octanol–water partition coefficient (Wildman–Crippen LogP) is 3.61. The van der Waals surface area contributed by atoms with E-state index in [4.69, 9.17) is 0 Å². The molecule has 3 aromatic rings. The highest BCUT2D eigenvalue weighted by atomic mass is 15.1. The van der Waals surface area contributed by atoms with Gasteiger partial charge in [0.2, 0.25) is 0 Å². The Morgan fingerprint density at radius 1 is 1.05 bits per heavy atom. The number of nitrogens with zero attached hydrogens (tertiary/aromatic N) is 3. The number of nitrogens with one attached hydrogen (secondary N) is 1. The molecule has 1 aromatic carbocycles. The summed E-state index contributed by atoms with van der Waals surface area (Å²) in [5.41, 5.74) is 3.24. The molecule has 2 aromatic heterocycles. The van der Waals surface area contributed by atoms with Crippen LogP contribution in [0.4, 0.5) is 5.82 Å². The topological polar surface area (TPSA) is 42.7 Å². The summed E-state index contributed by atoms with van der Waals surface area (Å²) in [4.78, 5) is 9.27. The third kappa shape index (κ3) is 2.89. The molecule has 4 nitrogen and oxygen atoms in total. The van der Waals surface area contributed by atoms with Crippen molar-refractivity contribution in [2.24, 2.45) is 0 Å². The summed E-state index contributed by atoms with van der Waals surface area (Å²) >= 11 is 0. The smallest absolute Gasteiger partial charge is 0.126 e. The maximum Gasteiger partial charge on any atom is 0.126 e. The first-order valence-electron chi connectivity index (χ1n) is 7.39. The van der Waals surface area contributed by atoms with Crippen LogP contribution in [0.5, 0.6) is 0 Å². The van der Waals surface area contributed by atoms with E-state index in [2.05, 4.69) is 45.0 Å². The minimum atomic E-state index is 0.744. The molecule has 21 heavy (non-hydrogen) atoms. The SMILES string of the molecule is CCCNc1cccc(Cn2c(C)nc3ccccc32)n1. The third-order valence-corrected chi connectivity index (χ3v) is 3.53. The first-order chi connectivity index (χ1) is 10.3. The van der Waals surface area contributed by atoms with Crippen LogP contribution in [-0.4, -0.2) is 21.1 Å². The lowest BCUT2D eigenvalue weighted by Gasteiger charge is -2.09. The van der Waals surface area contributed by atoms with Gasteiger partial charge in [0.05, 0.1) is 23.3 Å². The minimum absolute atomic E-state index is 0.744. The molecule has 0 amide bonds. The van der Waals surface area contributed by atoms with Crippen molar-refractivity contribution in [2.45, 2.75) is 26.8 Å². The van der Waals surface area contributed by atoms with Crippen LogP contribution in [0.3, 0.4) is 0 Å². The quantitative estimate of drug-likeness (QED) is 0.776. The van der Waals surface area contributed by atoms with Crippen molar-refractivity contribution in [3.05, 3.63) is 54.0 Å². The van der Waals surface area contributed by atoms with Crippen LogP contribution in [0.2, 0.25) is 0 Å². The Morgan fingerprint density at radius 3 is 2.76 bits per heavy atom. The minimum Gasteiger partial charge on any atom is -0.370 e. The molecule has 0 unspecified atom stereocenters. The van der Waals surface area contributed by atoms with Crippen LogP contribution >= 0.6 is 0 Å². The Labute approximate surface area is 124 Å². The zero-order valence-electron chi connectivity index (χ0n) is 12.5. The number of hydrogen-bond donors (Lipinski definition) is 1. The highest BCUT2D eigenvalue weighted by molar-refractivity contribution is 5.75. The number of imidazole rings is 1. The number of aromatic nitrogens is 3. The molecular weight excluding hydrogens is 260 g/mol.